The Labute approximate surface area is 203 Å². The molecule has 0 fully saturated rings. The fourth-order valence-electron chi connectivity index (χ4n) is 3.88. The number of fused-ring (bicyclic) bond motifs is 1. The third-order valence-electron chi connectivity index (χ3n) is 5.57. The molecule has 2 aromatic carbocycles. The number of carboxylic acids is 1. The lowest BCUT2D eigenvalue weighted by molar-refractivity contribution is -0.137. The molecule has 11 heteroatoms. The molecule has 0 saturated carbocycles. The SMILES string of the molecule is Cc1cc(=O)[nH]c2cc(Nc3nc(=O)n([C@@H](C)CC(=O)O)c(=O)n3Cc3ccc(Cl)cc3)ccc12. The highest BCUT2D eigenvalue weighted by molar-refractivity contribution is 6.30. The quantitative estimate of drug-likeness (QED) is 0.358. The van der Waals surface area contributed by atoms with Crippen LogP contribution in [-0.4, -0.2) is 30.2 Å². The Kier molecular flexibility index (Phi) is 6.57. The predicted molar refractivity (Wildman–Crippen MR) is 133 cm³/mol. The minimum absolute atomic E-state index is 0.0249. The molecule has 35 heavy (non-hydrogen) atoms. The monoisotopic (exact) mass is 495 g/mol. The van der Waals surface area contributed by atoms with E-state index < -0.39 is 29.8 Å². The van der Waals surface area contributed by atoms with Crippen molar-refractivity contribution in [1.29, 1.82) is 0 Å². The van der Waals surface area contributed by atoms with Crippen LogP contribution >= 0.6 is 11.6 Å². The number of carbonyl (C=O) groups is 1. The van der Waals surface area contributed by atoms with Gasteiger partial charge >= 0.3 is 17.3 Å². The van der Waals surface area contributed by atoms with Crippen LogP contribution in [0.1, 0.15) is 30.5 Å². The lowest BCUT2D eigenvalue weighted by atomic mass is 10.1. The summed E-state index contributed by atoms with van der Waals surface area (Å²) in [6, 6.07) is 12.6. The van der Waals surface area contributed by atoms with Gasteiger partial charge in [0.1, 0.15) is 0 Å². The van der Waals surface area contributed by atoms with E-state index in [0.29, 0.717) is 16.2 Å². The number of aryl methyl sites for hydroxylation is 1. The number of benzene rings is 2. The summed E-state index contributed by atoms with van der Waals surface area (Å²) in [5.41, 5.74) is 0.769. The second kappa shape index (κ2) is 9.59. The van der Waals surface area contributed by atoms with Crippen molar-refractivity contribution in [3.63, 3.8) is 0 Å². The number of hydrogen-bond acceptors (Lipinski definition) is 6. The normalized spacial score (nSPS) is 12.0. The van der Waals surface area contributed by atoms with E-state index in [2.05, 4.69) is 15.3 Å². The molecule has 0 aliphatic rings. The van der Waals surface area contributed by atoms with Crippen molar-refractivity contribution in [2.24, 2.45) is 0 Å². The number of hydrogen-bond donors (Lipinski definition) is 3. The van der Waals surface area contributed by atoms with Gasteiger partial charge in [-0.25, -0.2) is 14.2 Å². The number of carboxylic acid groups (broad SMARTS) is 1. The highest BCUT2D eigenvalue weighted by Crippen LogP contribution is 2.22. The second-order valence-corrected chi connectivity index (χ2v) is 8.67. The fraction of sp³-hybridized carbons (Fsp3) is 0.208. The van der Waals surface area contributed by atoms with Gasteiger partial charge in [-0.1, -0.05) is 29.8 Å². The number of nitrogens with one attached hydrogen (secondary N) is 2. The highest BCUT2D eigenvalue weighted by Gasteiger charge is 2.20. The lowest BCUT2D eigenvalue weighted by Gasteiger charge is -2.18. The van der Waals surface area contributed by atoms with Crippen LogP contribution in [-0.2, 0) is 11.3 Å². The predicted octanol–water partition coefficient (Wildman–Crippen LogP) is 3.04. The molecule has 0 spiro atoms. The summed E-state index contributed by atoms with van der Waals surface area (Å²) in [6.45, 7) is 3.35. The van der Waals surface area contributed by atoms with Crippen molar-refractivity contribution < 1.29 is 9.90 Å². The maximum Gasteiger partial charge on any atom is 0.355 e. The Morgan fingerprint density at radius 1 is 1.14 bits per heavy atom. The van der Waals surface area contributed by atoms with Crippen LogP contribution in [0, 0.1) is 6.92 Å². The molecule has 0 unspecified atom stereocenters. The van der Waals surface area contributed by atoms with E-state index in [1.165, 1.54) is 17.6 Å². The largest absolute Gasteiger partial charge is 0.481 e. The van der Waals surface area contributed by atoms with Crippen LogP contribution in [0.4, 0.5) is 11.6 Å². The van der Waals surface area contributed by atoms with Gasteiger partial charge < -0.3 is 15.4 Å². The van der Waals surface area contributed by atoms with Gasteiger partial charge in [-0.15, -0.1) is 0 Å². The Morgan fingerprint density at radius 2 is 1.86 bits per heavy atom. The summed E-state index contributed by atoms with van der Waals surface area (Å²) >= 11 is 5.97. The smallest absolute Gasteiger partial charge is 0.355 e. The summed E-state index contributed by atoms with van der Waals surface area (Å²) in [5.74, 6) is -1.17. The topological polar surface area (TPSA) is 139 Å². The first-order chi connectivity index (χ1) is 16.6. The van der Waals surface area contributed by atoms with E-state index >= 15 is 0 Å². The molecule has 0 radical (unpaired) electrons. The molecule has 4 aromatic rings. The zero-order chi connectivity index (χ0) is 25.3. The number of aromatic amines is 1. The molecule has 2 heterocycles. The molecule has 0 bridgehead atoms. The molecule has 0 saturated heterocycles. The summed E-state index contributed by atoms with van der Waals surface area (Å²) < 4.78 is 2.09. The molecule has 0 aliphatic heterocycles. The van der Waals surface area contributed by atoms with E-state index in [4.69, 9.17) is 16.7 Å². The molecule has 3 N–H and O–H groups in total. The minimum Gasteiger partial charge on any atom is -0.481 e. The van der Waals surface area contributed by atoms with Crippen molar-refractivity contribution in [1.82, 2.24) is 19.1 Å². The van der Waals surface area contributed by atoms with E-state index in [9.17, 15) is 19.2 Å². The summed E-state index contributed by atoms with van der Waals surface area (Å²) in [5, 5.41) is 13.5. The van der Waals surface area contributed by atoms with Crippen molar-refractivity contribution in [2.75, 3.05) is 5.32 Å². The summed E-state index contributed by atoms with van der Waals surface area (Å²) in [7, 11) is 0. The first kappa shape index (κ1) is 24.0. The second-order valence-electron chi connectivity index (χ2n) is 8.23. The van der Waals surface area contributed by atoms with Crippen molar-refractivity contribution in [3.05, 3.63) is 96.0 Å². The maximum absolute atomic E-state index is 13.4. The Hall–Kier alpha value is -4.18. The minimum atomic E-state index is -1.14. The molecule has 0 aliphatic carbocycles. The number of nitrogens with zero attached hydrogens (tertiary/aromatic N) is 3. The van der Waals surface area contributed by atoms with Crippen LogP contribution in [0.5, 0.6) is 0 Å². The Balaban J connectivity index is 1.83. The molecule has 180 valence electrons. The van der Waals surface area contributed by atoms with Crippen molar-refractivity contribution >= 4 is 40.1 Å². The van der Waals surface area contributed by atoms with Gasteiger partial charge in [0, 0.05) is 22.2 Å². The Bertz CT molecular complexity index is 1600. The van der Waals surface area contributed by atoms with E-state index in [1.807, 2.05) is 6.92 Å². The number of pyridine rings is 1. The summed E-state index contributed by atoms with van der Waals surface area (Å²) in [4.78, 5) is 56.0. The van der Waals surface area contributed by atoms with Gasteiger partial charge in [0.05, 0.1) is 24.5 Å². The third kappa shape index (κ3) is 5.17. The lowest BCUT2D eigenvalue weighted by Crippen LogP contribution is -2.44. The van der Waals surface area contributed by atoms with E-state index in [1.54, 1.807) is 42.5 Å². The summed E-state index contributed by atoms with van der Waals surface area (Å²) in [6.07, 6.45) is -0.415. The van der Waals surface area contributed by atoms with Gasteiger partial charge in [-0.3, -0.25) is 14.2 Å². The van der Waals surface area contributed by atoms with Gasteiger partial charge in [-0.05, 0) is 49.2 Å². The van der Waals surface area contributed by atoms with Crippen molar-refractivity contribution in [2.45, 2.75) is 32.9 Å². The molecular formula is C24H22ClN5O5. The number of H-pyrrole nitrogens is 1. The molecule has 10 nitrogen and oxygen atoms in total. The number of aromatic nitrogens is 4. The molecule has 0 amide bonds. The van der Waals surface area contributed by atoms with E-state index in [-0.39, 0.29) is 18.1 Å². The van der Waals surface area contributed by atoms with Gasteiger partial charge in [-0.2, -0.15) is 4.98 Å². The molecule has 1 atom stereocenters. The van der Waals surface area contributed by atoms with Crippen LogP contribution in [0.2, 0.25) is 5.02 Å². The average molecular weight is 496 g/mol. The van der Waals surface area contributed by atoms with Crippen LogP contribution in [0.15, 0.2) is 62.9 Å². The first-order valence-corrected chi connectivity index (χ1v) is 11.1. The van der Waals surface area contributed by atoms with E-state index in [0.717, 1.165) is 21.1 Å². The van der Waals surface area contributed by atoms with Gasteiger partial charge in [0.2, 0.25) is 11.5 Å². The highest BCUT2D eigenvalue weighted by atomic mass is 35.5. The third-order valence-corrected chi connectivity index (χ3v) is 5.82. The first-order valence-electron chi connectivity index (χ1n) is 10.7. The number of aliphatic carboxylic acids is 1. The number of rotatable bonds is 7. The van der Waals surface area contributed by atoms with Gasteiger partial charge in [0.25, 0.3) is 0 Å². The van der Waals surface area contributed by atoms with Crippen LogP contribution < -0.4 is 22.3 Å². The maximum atomic E-state index is 13.4. The standard InChI is InChI=1S/C24H22ClN5O5/c1-13-9-20(31)27-19-11-17(7-8-18(13)19)26-22-28-23(34)30(14(2)10-21(32)33)24(35)29(22)12-15-3-5-16(25)6-4-15/h3-9,11,14H,10,12H2,1-2H3,(H,27,31)(H,32,33)(H,26,28,34)/t14-/m0/s1. The zero-order valence-electron chi connectivity index (χ0n) is 18.9. The molecule has 4 rings (SSSR count). The fourth-order valence-corrected chi connectivity index (χ4v) is 4.01. The zero-order valence-corrected chi connectivity index (χ0v) is 19.7. The van der Waals surface area contributed by atoms with Crippen molar-refractivity contribution in [3.8, 4) is 0 Å². The number of halogens is 1. The average Bonchev–Trinajstić information content (AvgIpc) is 2.76. The van der Waals surface area contributed by atoms with Crippen LogP contribution in [0.25, 0.3) is 10.9 Å². The van der Waals surface area contributed by atoms with Crippen LogP contribution in [0.3, 0.4) is 0 Å². The molecule has 2 aromatic heterocycles. The van der Waals surface area contributed by atoms with Gasteiger partial charge in [0.15, 0.2) is 0 Å². The molecular weight excluding hydrogens is 474 g/mol. The Morgan fingerprint density at radius 3 is 2.54 bits per heavy atom. The number of anilines is 2.